The molecule has 9 N–H and O–H groups in total. The van der Waals surface area contributed by atoms with Gasteiger partial charge < -0.3 is 37.6 Å². The number of primary amides is 1. The number of carbonyl (C=O) groups excluding carboxylic acids is 4. The van der Waals surface area contributed by atoms with Crippen LogP contribution in [0.3, 0.4) is 0 Å². The lowest BCUT2D eigenvalue weighted by atomic mass is 9.99. The number of aliphatic carboxylic acids is 1. The van der Waals surface area contributed by atoms with Gasteiger partial charge in [-0.05, 0) is 11.8 Å². The third kappa shape index (κ3) is 8.74. The van der Waals surface area contributed by atoms with Crippen molar-refractivity contribution in [3.05, 3.63) is 0 Å². The van der Waals surface area contributed by atoms with Gasteiger partial charge in [-0.2, -0.15) is 0 Å². The zero-order valence-electron chi connectivity index (χ0n) is 17.7. The molecule has 0 heterocycles. The number of rotatable bonds is 13. The highest BCUT2D eigenvalue weighted by atomic mass is 16.4. The molecule has 0 aliphatic carbocycles. The van der Waals surface area contributed by atoms with Gasteiger partial charge in [0.2, 0.25) is 23.6 Å². The summed E-state index contributed by atoms with van der Waals surface area (Å²) in [7, 11) is 0. The fourth-order valence-electron chi connectivity index (χ4n) is 2.38. The lowest BCUT2D eigenvalue weighted by Crippen LogP contribution is -2.59. The van der Waals surface area contributed by atoms with Crippen LogP contribution in [0, 0.1) is 11.8 Å². The van der Waals surface area contributed by atoms with Crippen molar-refractivity contribution in [2.45, 2.75) is 64.7 Å². The molecule has 4 amide bonds. The van der Waals surface area contributed by atoms with Crippen LogP contribution in [0.5, 0.6) is 0 Å². The van der Waals surface area contributed by atoms with E-state index in [4.69, 9.17) is 11.5 Å². The third-order valence-corrected chi connectivity index (χ3v) is 4.65. The van der Waals surface area contributed by atoms with Gasteiger partial charge in [0.1, 0.15) is 18.1 Å². The van der Waals surface area contributed by atoms with Crippen molar-refractivity contribution < 1.29 is 34.2 Å². The molecule has 0 rings (SSSR count). The first-order valence-corrected chi connectivity index (χ1v) is 9.64. The lowest BCUT2D eigenvalue weighted by Gasteiger charge is -2.25. The van der Waals surface area contributed by atoms with Crippen LogP contribution in [-0.4, -0.2) is 70.6 Å². The minimum atomic E-state index is -1.51. The lowest BCUT2D eigenvalue weighted by molar-refractivity contribution is -0.144. The van der Waals surface area contributed by atoms with Crippen LogP contribution in [-0.2, 0) is 24.0 Å². The van der Waals surface area contributed by atoms with Crippen molar-refractivity contribution in [1.29, 1.82) is 0 Å². The van der Waals surface area contributed by atoms with Gasteiger partial charge in [0, 0.05) is 0 Å². The van der Waals surface area contributed by atoms with E-state index >= 15 is 0 Å². The fourth-order valence-corrected chi connectivity index (χ4v) is 2.38. The van der Waals surface area contributed by atoms with E-state index in [-0.39, 0.29) is 5.92 Å². The van der Waals surface area contributed by atoms with Gasteiger partial charge in [-0.25, -0.2) is 4.79 Å². The minimum Gasteiger partial charge on any atom is -0.480 e. The Morgan fingerprint density at radius 1 is 0.900 bits per heavy atom. The summed E-state index contributed by atoms with van der Waals surface area (Å²) in [6, 6.07) is -5.10. The van der Waals surface area contributed by atoms with Crippen molar-refractivity contribution in [2.24, 2.45) is 23.3 Å². The number of hydrogen-bond acceptors (Lipinski definition) is 7. The predicted molar refractivity (Wildman–Crippen MR) is 107 cm³/mol. The first-order valence-electron chi connectivity index (χ1n) is 9.64. The van der Waals surface area contributed by atoms with Crippen LogP contribution >= 0.6 is 0 Å². The maximum atomic E-state index is 12.5. The number of nitrogens with one attached hydrogen (secondary N) is 3. The minimum absolute atomic E-state index is 0.244. The molecule has 0 aliphatic rings. The Balaban J connectivity index is 5.32. The molecule has 0 aromatic rings. The topological polar surface area (TPSA) is 214 Å². The fraction of sp³-hybridized carbons (Fsp3) is 0.722. The number of carboxylic acids is 1. The van der Waals surface area contributed by atoms with Gasteiger partial charge in [0.15, 0.2) is 0 Å². The Kier molecular flexibility index (Phi) is 11.6. The molecule has 0 bridgehead atoms. The van der Waals surface area contributed by atoms with Gasteiger partial charge in [0.25, 0.3) is 0 Å². The van der Waals surface area contributed by atoms with Gasteiger partial charge in [-0.15, -0.1) is 0 Å². The first-order chi connectivity index (χ1) is 13.8. The largest absolute Gasteiger partial charge is 0.480 e. The number of carboxylic acid groups (broad SMARTS) is 1. The molecular formula is C18H33N5O7. The van der Waals surface area contributed by atoms with E-state index in [0.717, 1.165) is 0 Å². The second kappa shape index (κ2) is 12.8. The van der Waals surface area contributed by atoms with Crippen LogP contribution in [0.4, 0.5) is 0 Å². The smallest absolute Gasteiger partial charge is 0.326 e. The van der Waals surface area contributed by atoms with E-state index in [1.807, 2.05) is 0 Å². The van der Waals surface area contributed by atoms with E-state index < -0.39 is 72.7 Å². The highest BCUT2D eigenvalue weighted by molar-refractivity contribution is 5.96. The predicted octanol–water partition coefficient (Wildman–Crippen LogP) is -2.58. The summed E-state index contributed by atoms with van der Waals surface area (Å²) in [4.78, 5) is 59.7. The third-order valence-electron chi connectivity index (χ3n) is 4.65. The second-order valence-electron chi connectivity index (χ2n) is 7.46. The van der Waals surface area contributed by atoms with Crippen LogP contribution in [0.1, 0.15) is 40.5 Å². The van der Waals surface area contributed by atoms with E-state index in [9.17, 15) is 34.2 Å². The highest BCUT2D eigenvalue weighted by Crippen LogP contribution is 2.08. The highest BCUT2D eigenvalue weighted by Gasteiger charge is 2.32. The van der Waals surface area contributed by atoms with Gasteiger partial charge in [0.05, 0.1) is 19.1 Å². The van der Waals surface area contributed by atoms with Crippen molar-refractivity contribution in [2.75, 3.05) is 6.61 Å². The van der Waals surface area contributed by atoms with E-state index in [0.29, 0.717) is 6.42 Å². The van der Waals surface area contributed by atoms with Crippen LogP contribution < -0.4 is 27.4 Å². The maximum absolute atomic E-state index is 12.5. The number of nitrogens with two attached hydrogens (primary N) is 2. The monoisotopic (exact) mass is 431 g/mol. The number of amides is 4. The molecule has 0 aromatic carbocycles. The summed E-state index contributed by atoms with van der Waals surface area (Å²) < 4.78 is 0. The molecular weight excluding hydrogens is 398 g/mol. The van der Waals surface area contributed by atoms with Crippen LogP contribution in [0.2, 0.25) is 0 Å². The molecule has 12 nitrogen and oxygen atoms in total. The Morgan fingerprint density at radius 3 is 1.80 bits per heavy atom. The summed E-state index contributed by atoms with van der Waals surface area (Å²) in [6.07, 6.45) is -0.0942. The SMILES string of the molecule is CCC(C)C(NC(=O)C(CO)NC(=O)C(CC(N)=O)NC(=O)C(N)C(C)C)C(=O)O. The summed E-state index contributed by atoms with van der Waals surface area (Å²) in [5.74, 6) is -5.38. The van der Waals surface area contributed by atoms with Crippen molar-refractivity contribution in [1.82, 2.24) is 16.0 Å². The Hall–Kier alpha value is -2.73. The molecule has 12 heteroatoms. The zero-order valence-corrected chi connectivity index (χ0v) is 17.7. The summed E-state index contributed by atoms with van der Waals surface area (Å²) in [6.45, 7) is 5.91. The maximum Gasteiger partial charge on any atom is 0.326 e. The molecule has 0 aromatic heterocycles. The summed E-state index contributed by atoms with van der Waals surface area (Å²) in [5, 5.41) is 25.5. The number of aliphatic hydroxyl groups excluding tert-OH is 1. The molecule has 5 unspecified atom stereocenters. The summed E-state index contributed by atoms with van der Waals surface area (Å²) in [5.41, 5.74) is 10.8. The normalized spacial score (nSPS) is 16.0. The van der Waals surface area contributed by atoms with Crippen molar-refractivity contribution in [3.63, 3.8) is 0 Å². The molecule has 30 heavy (non-hydrogen) atoms. The van der Waals surface area contributed by atoms with Gasteiger partial charge in [-0.3, -0.25) is 19.2 Å². The average molecular weight is 431 g/mol. The van der Waals surface area contributed by atoms with Gasteiger partial charge >= 0.3 is 5.97 Å². The van der Waals surface area contributed by atoms with Gasteiger partial charge in [-0.1, -0.05) is 34.1 Å². The second-order valence-corrected chi connectivity index (χ2v) is 7.46. The quantitative estimate of drug-likeness (QED) is 0.164. The Bertz CT molecular complexity index is 640. The molecule has 5 atom stereocenters. The first kappa shape index (κ1) is 27.3. The molecule has 0 fully saturated rings. The van der Waals surface area contributed by atoms with Crippen LogP contribution in [0.15, 0.2) is 0 Å². The van der Waals surface area contributed by atoms with E-state index in [2.05, 4.69) is 16.0 Å². The number of carbonyl (C=O) groups is 5. The Morgan fingerprint density at radius 2 is 1.40 bits per heavy atom. The molecule has 0 radical (unpaired) electrons. The standard InChI is InChI=1S/C18H33N5O7/c1-5-9(4)14(18(29)30)23-16(27)11(7-24)22-15(26)10(6-12(19)25)21-17(28)13(20)8(2)3/h8-11,13-14,24H,5-7,20H2,1-4H3,(H2,19,25)(H,21,28)(H,22,26)(H,23,27)(H,29,30). The molecule has 172 valence electrons. The molecule has 0 saturated carbocycles. The van der Waals surface area contributed by atoms with Crippen molar-refractivity contribution in [3.8, 4) is 0 Å². The number of aliphatic hydroxyl groups is 1. The zero-order chi connectivity index (χ0) is 23.6. The molecule has 0 spiro atoms. The molecule has 0 aliphatic heterocycles. The average Bonchev–Trinajstić information content (AvgIpc) is 2.67. The Labute approximate surface area is 175 Å². The molecule has 0 saturated heterocycles. The van der Waals surface area contributed by atoms with Crippen molar-refractivity contribution >= 4 is 29.6 Å². The van der Waals surface area contributed by atoms with E-state index in [1.54, 1.807) is 27.7 Å². The number of hydrogen-bond donors (Lipinski definition) is 7. The summed E-state index contributed by atoms with van der Waals surface area (Å²) >= 11 is 0. The van der Waals surface area contributed by atoms with E-state index in [1.165, 1.54) is 0 Å². The van der Waals surface area contributed by atoms with Crippen LogP contribution in [0.25, 0.3) is 0 Å².